The summed E-state index contributed by atoms with van der Waals surface area (Å²) < 4.78 is 11.6. The first-order chi connectivity index (χ1) is 43.3. The van der Waals surface area contributed by atoms with Gasteiger partial charge in [-0.25, -0.2) is 44.9 Å². The molecule has 0 saturated carbocycles. The van der Waals surface area contributed by atoms with E-state index in [0.29, 0.717) is 112 Å². The van der Waals surface area contributed by atoms with Crippen LogP contribution in [0.5, 0.6) is 0 Å². The number of anilines is 6. The fraction of sp³-hybridized carbons (Fsp3) is 0.109. The number of rotatable bonds is 20. The van der Waals surface area contributed by atoms with Crippen molar-refractivity contribution in [1.82, 2.24) is 98.1 Å². The van der Waals surface area contributed by atoms with Gasteiger partial charge in [-0.3, -0.25) is 19.1 Å². The molecular weight excluding hydrogens is 1110 g/mol. The number of aliphatic hydroxyl groups is 1. The molecule has 5 aromatic carbocycles. The van der Waals surface area contributed by atoms with Gasteiger partial charge in [-0.05, 0) is 33.4 Å². The molecule has 430 valence electrons. The highest BCUT2D eigenvalue weighted by Crippen LogP contribution is 2.32. The van der Waals surface area contributed by atoms with Gasteiger partial charge >= 0.3 is 0 Å². The number of aryl methyl sites for hydroxylation is 1. The van der Waals surface area contributed by atoms with E-state index < -0.39 is 0 Å². The van der Waals surface area contributed by atoms with Gasteiger partial charge < -0.3 is 34.8 Å². The first-order valence-electron chi connectivity index (χ1n) is 28.3. The molecule has 0 saturated heterocycles. The predicted molar refractivity (Wildman–Crippen MR) is 333 cm³/mol. The third-order valence-electron chi connectivity index (χ3n) is 15.0. The van der Waals surface area contributed by atoms with Crippen LogP contribution in [0.2, 0.25) is 0 Å². The van der Waals surface area contributed by atoms with Gasteiger partial charge in [0.05, 0.1) is 106 Å². The second-order valence-corrected chi connectivity index (χ2v) is 21.2. The Labute approximate surface area is 501 Å². The highest BCUT2D eigenvalue weighted by Gasteiger charge is 2.21. The number of aromatic nitrogens is 20. The van der Waals surface area contributed by atoms with Gasteiger partial charge in [0.2, 0.25) is 0 Å². The van der Waals surface area contributed by atoms with Gasteiger partial charge in [0.1, 0.15) is 0 Å². The third kappa shape index (κ3) is 10.9. The standard InChI is InChI=1S/C64H53N23O/c1-82-38-65-53-59(77-57(79-62(53)82)48-24-68-69-25-48)73-51-28-72-87(36-51)33-45-14-10-13-44(23-45)30-84-40-67-55-61(78-58(81-64(55)84)52-18-9-8-17-47(52)37-88)75-50-27-71-86(35-50)32-43-21-19-42(20-22-43)29-83-39-66-54-60(76-56(80-63(54)83)46-15-6-3-7-16-46)74-49-26-70-85(34-49)31-41-11-4-2-5-12-41/h2-28,34-36,38-40,88H,29-33,37H2,1H3,(H,68,69)(H,73,77,79)(H,74,76,80)(H,75,78,81). The van der Waals surface area contributed by atoms with E-state index in [0.717, 1.165) is 56.0 Å². The fourth-order valence-corrected chi connectivity index (χ4v) is 10.7. The molecule has 88 heavy (non-hydrogen) atoms. The molecule has 0 spiro atoms. The lowest BCUT2D eigenvalue weighted by Crippen LogP contribution is -2.05. The molecule has 0 radical (unpaired) electrons. The van der Waals surface area contributed by atoms with Crippen LogP contribution in [0.4, 0.5) is 34.5 Å². The molecule has 15 rings (SSSR count). The Hall–Kier alpha value is -12.1. The lowest BCUT2D eigenvalue weighted by molar-refractivity contribution is 0.282. The maximum Gasteiger partial charge on any atom is 0.167 e. The van der Waals surface area contributed by atoms with Gasteiger partial charge in [-0.15, -0.1) is 0 Å². The van der Waals surface area contributed by atoms with Crippen molar-refractivity contribution in [2.24, 2.45) is 7.05 Å². The molecule has 10 aromatic heterocycles. The number of nitrogens with zero attached hydrogens (tertiary/aromatic N) is 19. The second kappa shape index (κ2) is 22.8. The van der Waals surface area contributed by atoms with Crippen LogP contribution in [0, 0.1) is 0 Å². The number of aliphatic hydroxyl groups excluding tert-OH is 1. The van der Waals surface area contributed by atoms with Gasteiger partial charge in [-0.1, -0.05) is 133 Å². The Morgan fingerprint density at radius 3 is 1.50 bits per heavy atom. The molecule has 0 bridgehead atoms. The SMILES string of the molecule is Cn1cnc2c(Nc3cnn(Cc4cccc(Cn5cnc6c(Nc7cnn(Cc8ccc(Cn9cnc%10c(Nc%11cnn(Cc%12ccccc%12)c%11)nc(-c%11ccccc%11)nc%109)cc8)c7)nc(-c7ccccc7CO)nc65)c4)c3)nc(-c3cn[nH]c3)nc21. The van der Waals surface area contributed by atoms with Crippen LogP contribution in [0.25, 0.3) is 67.7 Å². The minimum absolute atomic E-state index is 0.177. The summed E-state index contributed by atoms with van der Waals surface area (Å²) in [5.41, 5.74) is 14.6. The Kier molecular flexibility index (Phi) is 13.7. The maximum absolute atomic E-state index is 10.4. The van der Waals surface area contributed by atoms with Crippen molar-refractivity contribution in [2.75, 3.05) is 16.0 Å². The minimum atomic E-state index is -0.177. The number of nitrogens with one attached hydrogen (secondary N) is 4. The summed E-state index contributed by atoms with van der Waals surface area (Å²) in [6.07, 6.45) is 19.9. The summed E-state index contributed by atoms with van der Waals surface area (Å²) in [6.45, 7) is 2.52. The summed E-state index contributed by atoms with van der Waals surface area (Å²) in [5, 5.41) is 41.7. The van der Waals surface area contributed by atoms with Crippen molar-refractivity contribution in [3.8, 4) is 34.2 Å². The van der Waals surface area contributed by atoms with E-state index in [1.807, 2.05) is 139 Å². The number of fused-ring (bicyclic) bond motifs is 3. The van der Waals surface area contributed by atoms with Crippen molar-refractivity contribution in [3.05, 3.63) is 235 Å². The van der Waals surface area contributed by atoms with Crippen molar-refractivity contribution in [3.63, 3.8) is 0 Å². The number of H-pyrrole nitrogens is 1. The van der Waals surface area contributed by atoms with E-state index in [-0.39, 0.29) is 6.61 Å². The monoisotopic (exact) mass is 1160 g/mol. The van der Waals surface area contributed by atoms with Crippen molar-refractivity contribution in [1.29, 1.82) is 0 Å². The van der Waals surface area contributed by atoms with E-state index >= 15 is 0 Å². The van der Waals surface area contributed by atoms with Crippen molar-refractivity contribution in [2.45, 2.75) is 39.3 Å². The van der Waals surface area contributed by atoms with Crippen LogP contribution in [-0.4, -0.2) is 103 Å². The Morgan fingerprint density at radius 2 is 0.898 bits per heavy atom. The van der Waals surface area contributed by atoms with E-state index in [1.54, 1.807) is 43.6 Å². The number of imidazole rings is 3. The summed E-state index contributed by atoms with van der Waals surface area (Å²) in [4.78, 5) is 43.9. The fourth-order valence-electron chi connectivity index (χ4n) is 10.7. The number of hydrogen-bond donors (Lipinski definition) is 5. The van der Waals surface area contributed by atoms with Gasteiger partial charge in [0.25, 0.3) is 0 Å². The molecule has 24 nitrogen and oxygen atoms in total. The first-order valence-corrected chi connectivity index (χ1v) is 28.3. The molecule has 0 aliphatic heterocycles. The van der Waals surface area contributed by atoms with E-state index in [1.165, 1.54) is 0 Å². The van der Waals surface area contributed by atoms with Crippen LogP contribution < -0.4 is 16.0 Å². The lowest BCUT2D eigenvalue weighted by atomic mass is 10.1. The molecule has 10 heterocycles. The topological polar surface area (TPSA) is 269 Å². The minimum Gasteiger partial charge on any atom is -0.392 e. The lowest BCUT2D eigenvalue weighted by Gasteiger charge is -2.11. The number of hydrogen-bond acceptors (Lipinski definition) is 17. The molecule has 0 atom stereocenters. The normalized spacial score (nSPS) is 11.6. The van der Waals surface area contributed by atoms with Crippen LogP contribution in [-0.2, 0) is 46.4 Å². The highest BCUT2D eigenvalue weighted by atomic mass is 16.3. The zero-order chi connectivity index (χ0) is 58.9. The summed E-state index contributed by atoms with van der Waals surface area (Å²) in [5.74, 6) is 3.21. The molecule has 0 aliphatic carbocycles. The summed E-state index contributed by atoms with van der Waals surface area (Å²) in [7, 11) is 1.90. The zero-order valence-corrected chi connectivity index (χ0v) is 47.2. The number of benzene rings is 5. The van der Waals surface area contributed by atoms with Crippen LogP contribution in [0.15, 0.2) is 202 Å². The van der Waals surface area contributed by atoms with E-state index in [4.69, 9.17) is 45.0 Å². The molecule has 0 amide bonds. The van der Waals surface area contributed by atoms with Crippen LogP contribution >= 0.6 is 0 Å². The number of aromatic amines is 1. The van der Waals surface area contributed by atoms with Crippen LogP contribution in [0.1, 0.15) is 33.4 Å². The zero-order valence-electron chi connectivity index (χ0n) is 47.2. The van der Waals surface area contributed by atoms with Gasteiger partial charge in [0.15, 0.2) is 68.4 Å². The summed E-state index contributed by atoms with van der Waals surface area (Å²) in [6, 6.07) is 44.6. The summed E-state index contributed by atoms with van der Waals surface area (Å²) >= 11 is 0. The Balaban J connectivity index is 0.641. The Bertz CT molecular complexity index is 4940. The third-order valence-corrected chi connectivity index (χ3v) is 15.0. The molecule has 0 aliphatic rings. The van der Waals surface area contributed by atoms with Gasteiger partial charge in [-0.2, -0.15) is 20.4 Å². The smallest absolute Gasteiger partial charge is 0.167 e. The molecule has 0 fully saturated rings. The van der Waals surface area contributed by atoms with Gasteiger partial charge in [0, 0.05) is 43.0 Å². The quantitative estimate of drug-likeness (QED) is 0.0475. The Morgan fingerprint density at radius 1 is 0.432 bits per heavy atom. The first kappa shape index (κ1) is 52.7. The highest BCUT2D eigenvalue weighted by molar-refractivity contribution is 5.89. The van der Waals surface area contributed by atoms with Crippen molar-refractivity contribution >= 4 is 68.0 Å². The molecule has 5 N–H and O–H groups in total. The maximum atomic E-state index is 10.4. The second-order valence-electron chi connectivity index (χ2n) is 21.2. The van der Waals surface area contributed by atoms with E-state index in [2.05, 4.69) is 95.9 Å². The average molecular weight is 1160 g/mol. The molecular formula is C64H53N23O. The molecule has 15 aromatic rings. The van der Waals surface area contributed by atoms with Crippen molar-refractivity contribution < 1.29 is 5.11 Å². The predicted octanol–water partition coefficient (Wildman–Crippen LogP) is 9.92. The molecule has 24 heteroatoms. The molecule has 0 unspecified atom stereocenters. The average Bonchev–Trinajstić information content (AvgIpc) is 2.76. The van der Waals surface area contributed by atoms with E-state index in [9.17, 15) is 5.11 Å². The van der Waals surface area contributed by atoms with Crippen LogP contribution in [0.3, 0.4) is 0 Å². The largest absolute Gasteiger partial charge is 0.392 e.